The summed E-state index contributed by atoms with van der Waals surface area (Å²) in [6.07, 6.45) is 0.786. The molecule has 2 rings (SSSR count). The number of amides is 1. The molecule has 82 valence electrons. The van der Waals surface area contributed by atoms with Crippen molar-refractivity contribution in [3.05, 3.63) is 10.5 Å². The van der Waals surface area contributed by atoms with Gasteiger partial charge in [-0.25, -0.2) is 9.89 Å². The van der Waals surface area contributed by atoms with Gasteiger partial charge in [-0.3, -0.25) is 9.36 Å². The maximum atomic E-state index is 11.3. The molecule has 0 saturated carbocycles. The van der Waals surface area contributed by atoms with E-state index >= 15 is 0 Å². The van der Waals surface area contributed by atoms with Crippen LogP contribution in [0.15, 0.2) is 9.95 Å². The topological polar surface area (TPSA) is 79.8 Å². The van der Waals surface area contributed by atoms with Crippen LogP contribution in [0, 0.1) is 0 Å². The van der Waals surface area contributed by atoms with Crippen LogP contribution in [0.25, 0.3) is 0 Å². The number of hydrogen-bond donors (Lipinski definition) is 2. The van der Waals surface area contributed by atoms with Crippen molar-refractivity contribution in [2.24, 2.45) is 0 Å². The van der Waals surface area contributed by atoms with E-state index in [4.69, 9.17) is 0 Å². The van der Waals surface area contributed by atoms with Gasteiger partial charge < -0.3 is 5.32 Å². The van der Waals surface area contributed by atoms with E-state index in [-0.39, 0.29) is 16.8 Å². The molecule has 1 saturated heterocycles. The Morgan fingerprint density at radius 3 is 3.00 bits per heavy atom. The normalized spacial score (nSPS) is 20.6. The van der Waals surface area contributed by atoms with Crippen molar-refractivity contribution in [2.75, 3.05) is 6.54 Å². The highest BCUT2D eigenvalue weighted by molar-refractivity contribution is 8.00. The van der Waals surface area contributed by atoms with E-state index in [2.05, 4.69) is 15.5 Å². The zero-order valence-electron chi connectivity index (χ0n) is 8.32. The van der Waals surface area contributed by atoms with Crippen LogP contribution in [0.3, 0.4) is 0 Å². The first-order chi connectivity index (χ1) is 7.22. The second-order valence-electron chi connectivity index (χ2n) is 3.24. The molecule has 1 amide bonds. The average molecular weight is 228 g/mol. The van der Waals surface area contributed by atoms with Crippen LogP contribution in [0.4, 0.5) is 0 Å². The Morgan fingerprint density at radius 1 is 1.60 bits per heavy atom. The lowest BCUT2D eigenvalue weighted by atomic mass is 10.4. The molecule has 1 aromatic rings. The van der Waals surface area contributed by atoms with Crippen LogP contribution in [-0.4, -0.2) is 32.5 Å². The predicted molar refractivity (Wildman–Crippen MR) is 55.8 cm³/mol. The third-order valence-corrected chi connectivity index (χ3v) is 3.54. The van der Waals surface area contributed by atoms with Crippen molar-refractivity contribution in [3.63, 3.8) is 0 Å². The fraction of sp³-hybridized carbons (Fsp3) is 0.625. The zero-order valence-corrected chi connectivity index (χ0v) is 9.13. The first-order valence-electron chi connectivity index (χ1n) is 4.82. The first-order valence-corrected chi connectivity index (χ1v) is 5.70. The van der Waals surface area contributed by atoms with Crippen molar-refractivity contribution in [3.8, 4) is 0 Å². The molecule has 0 radical (unpaired) electrons. The summed E-state index contributed by atoms with van der Waals surface area (Å²) >= 11 is 1.34. The lowest BCUT2D eigenvalue weighted by Gasteiger charge is -2.05. The molecule has 15 heavy (non-hydrogen) atoms. The van der Waals surface area contributed by atoms with E-state index in [0.29, 0.717) is 18.2 Å². The summed E-state index contributed by atoms with van der Waals surface area (Å²) in [6.45, 7) is 3.14. The molecule has 2 heterocycles. The van der Waals surface area contributed by atoms with E-state index < -0.39 is 0 Å². The maximum absolute atomic E-state index is 11.3. The lowest BCUT2D eigenvalue weighted by Crippen LogP contribution is -2.22. The third kappa shape index (κ3) is 1.92. The fourth-order valence-corrected chi connectivity index (χ4v) is 2.60. The summed E-state index contributed by atoms with van der Waals surface area (Å²) in [5, 5.41) is 9.49. The van der Waals surface area contributed by atoms with Crippen molar-refractivity contribution in [1.29, 1.82) is 0 Å². The van der Waals surface area contributed by atoms with Gasteiger partial charge >= 0.3 is 5.69 Å². The highest BCUT2D eigenvalue weighted by atomic mass is 32.2. The van der Waals surface area contributed by atoms with E-state index in [1.165, 1.54) is 16.3 Å². The molecule has 0 bridgehead atoms. The number of carbonyl (C=O) groups excluding carboxylic acids is 1. The Morgan fingerprint density at radius 2 is 2.40 bits per heavy atom. The first kappa shape index (κ1) is 10.3. The van der Waals surface area contributed by atoms with Gasteiger partial charge in [-0.2, -0.15) is 0 Å². The van der Waals surface area contributed by atoms with Gasteiger partial charge in [0.2, 0.25) is 5.91 Å². The van der Waals surface area contributed by atoms with Crippen LogP contribution in [0.1, 0.15) is 13.3 Å². The minimum Gasteiger partial charge on any atom is -0.355 e. The summed E-state index contributed by atoms with van der Waals surface area (Å²) in [7, 11) is 0. The number of rotatable bonds is 3. The molecule has 1 aliphatic rings. The molecule has 7 heteroatoms. The third-order valence-electron chi connectivity index (χ3n) is 2.29. The van der Waals surface area contributed by atoms with Crippen molar-refractivity contribution < 1.29 is 4.79 Å². The highest BCUT2D eigenvalue weighted by Gasteiger charge is 2.27. The minimum absolute atomic E-state index is 0.0260. The minimum atomic E-state index is -0.224. The molecule has 1 aromatic heterocycles. The summed E-state index contributed by atoms with van der Waals surface area (Å²) in [6, 6.07) is 0. The number of nitrogens with one attached hydrogen (secondary N) is 2. The number of H-pyrrole nitrogens is 1. The number of aromatic amines is 1. The summed E-state index contributed by atoms with van der Waals surface area (Å²) < 4.78 is 1.52. The Labute approximate surface area is 90.4 Å². The van der Waals surface area contributed by atoms with E-state index in [1.807, 2.05) is 6.92 Å². The van der Waals surface area contributed by atoms with Crippen LogP contribution in [-0.2, 0) is 11.3 Å². The number of hydrogen-bond acceptors (Lipinski definition) is 4. The number of aromatic nitrogens is 3. The largest absolute Gasteiger partial charge is 0.355 e. The van der Waals surface area contributed by atoms with Crippen molar-refractivity contribution in [2.45, 2.75) is 30.3 Å². The van der Waals surface area contributed by atoms with Crippen LogP contribution < -0.4 is 11.0 Å². The number of thioether (sulfide) groups is 1. The van der Waals surface area contributed by atoms with Crippen molar-refractivity contribution in [1.82, 2.24) is 20.1 Å². The molecule has 6 nitrogen and oxygen atoms in total. The van der Waals surface area contributed by atoms with Crippen LogP contribution in [0.2, 0.25) is 0 Å². The Hall–Kier alpha value is -1.24. The molecule has 1 aliphatic heterocycles. The van der Waals surface area contributed by atoms with E-state index in [1.54, 1.807) is 0 Å². The van der Waals surface area contributed by atoms with Gasteiger partial charge in [0.25, 0.3) is 0 Å². The molecule has 2 N–H and O–H groups in total. The average Bonchev–Trinajstić information content (AvgIpc) is 2.76. The van der Waals surface area contributed by atoms with E-state index in [9.17, 15) is 9.59 Å². The Bertz CT molecular complexity index is 425. The molecule has 1 fully saturated rings. The molecule has 0 aliphatic carbocycles. The predicted octanol–water partition coefficient (Wildman–Crippen LogP) is -0.428. The Balaban J connectivity index is 2.16. The summed E-state index contributed by atoms with van der Waals surface area (Å²) in [5.41, 5.74) is -0.224. The monoisotopic (exact) mass is 228 g/mol. The molecular weight excluding hydrogens is 216 g/mol. The van der Waals surface area contributed by atoms with Crippen molar-refractivity contribution >= 4 is 17.7 Å². The van der Waals surface area contributed by atoms with Gasteiger partial charge in [-0.1, -0.05) is 11.8 Å². The van der Waals surface area contributed by atoms with Gasteiger partial charge in [-0.05, 0) is 13.3 Å². The van der Waals surface area contributed by atoms with Gasteiger partial charge in [0.15, 0.2) is 5.16 Å². The molecule has 1 atom stereocenters. The highest BCUT2D eigenvalue weighted by Crippen LogP contribution is 2.24. The SMILES string of the molecule is CCn1c(SC2CCNC2=O)n[nH]c1=O. The van der Waals surface area contributed by atoms with Gasteiger partial charge in [-0.15, -0.1) is 5.10 Å². The molecule has 0 spiro atoms. The van der Waals surface area contributed by atoms with Crippen LogP contribution in [0.5, 0.6) is 0 Å². The maximum Gasteiger partial charge on any atom is 0.343 e. The summed E-state index contributed by atoms with van der Waals surface area (Å²) in [5.74, 6) is 0.0260. The van der Waals surface area contributed by atoms with Crippen LogP contribution >= 0.6 is 11.8 Å². The van der Waals surface area contributed by atoms with Gasteiger partial charge in [0.05, 0.1) is 5.25 Å². The standard InChI is InChI=1S/C8H12N4O2S/c1-2-12-7(14)10-11-8(12)15-5-3-4-9-6(5)13/h5H,2-4H2,1H3,(H,9,13)(H,10,14). The van der Waals surface area contributed by atoms with Gasteiger partial charge in [0, 0.05) is 13.1 Å². The quantitative estimate of drug-likeness (QED) is 0.736. The summed E-state index contributed by atoms with van der Waals surface area (Å²) in [4.78, 5) is 22.6. The number of nitrogens with zero attached hydrogens (tertiary/aromatic N) is 2. The molecule has 0 aromatic carbocycles. The smallest absolute Gasteiger partial charge is 0.343 e. The number of carbonyl (C=O) groups is 1. The van der Waals surface area contributed by atoms with E-state index in [0.717, 1.165) is 6.42 Å². The lowest BCUT2D eigenvalue weighted by molar-refractivity contribution is -0.118. The Kier molecular flexibility index (Phi) is 2.81. The second-order valence-corrected chi connectivity index (χ2v) is 4.41. The van der Waals surface area contributed by atoms with Gasteiger partial charge in [0.1, 0.15) is 0 Å². The zero-order chi connectivity index (χ0) is 10.8. The second kappa shape index (κ2) is 4.09. The molecular formula is C8H12N4O2S. The molecule has 1 unspecified atom stereocenters. The fourth-order valence-electron chi connectivity index (χ4n) is 1.48.